The fourth-order valence-electron chi connectivity index (χ4n) is 3.99. The molecule has 31 heavy (non-hydrogen) atoms. The predicted octanol–water partition coefficient (Wildman–Crippen LogP) is 4.01. The molecule has 8 heteroatoms. The van der Waals surface area contributed by atoms with Crippen LogP contribution in [0.25, 0.3) is 31.6 Å². The Balaban J connectivity index is 2.24. The van der Waals surface area contributed by atoms with Crippen molar-refractivity contribution >= 4 is 43.6 Å². The fourth-order valence-corrected chi connectivity index (χ4v) is 5.13. The van der Waals surface area contributed by atoms with Crippen LogP contribution in [0.4, 0.5) is 0 Å². The van der Waals surface area contributed by atoms with E-state index in [1.807, 2.05) is 35.9 Å². The molecule has 0 atom stereocenters. The Morgan fingerprint density at radius 3 is 2.16 bits per heavy atom. The zero-order chi connectivity index (χ0) is 22.4. The Morgan fingerprint density at radius 2 is 1.58 bits per heavy atom. The first-order valence-corrected chi connectivity index (χ1v) is 10.3. The third-order valence-electron chi connectivity index (χ3n) is 5.35. The van der Waals surface area contributed by atoms with Crippen molar-refractivity contribution in [1.29, 1.82) is 0 Å². The van der Waals surface area contributed by atoms with Crippen LogP contribution in [0.15, 0.2) is 35.1 Å². The summed E-state index contributed by atoms with van der Waals surface area (Å²) in [6.45, 7) is 3.33. The average molecular weight is 436 g/mol. The van der Waals surface area contributed by atoms with E-state index in [-0.39, 0.29) is 22.1 Å². The van der Waals surface area contributed by atoms with E-state index in [9.17, 15) is 14.4 Å². The predicted molar refractivity (Wildman–Crippen MR) is 120 cm³/mol. The number of carbonyl (C=O) groups is 2. The van der Waals surface area contributed by atoms with Gasteiger partial charge in [-0.3, -0.25) is 9.78 Å². The summed E-state index contributed by atoms with van der Waals surface area (Å²) < 4.78 is 13.4. The van der Waals surface area contributed by atoms with Crippen LogP contribution in [0.5, 0.6) is 0 Å². The van der Waals surface area contributed by atoms with E-state index in [1.165, 1.54) is 31.6 Å². The zero-order valence-electron chi connectivity index (χ0n) is 17.7. The lowest BCUT2D eigenvalue weighted by Gasteiger charge is -2.19. The molecule has 0 saturated carbocycles. The molecule has 0 fully saturated rings. The van der Waals surface area contributed by atoms with Crippen molar-refractivity contribution in [1.82, 2.24) is 9.55 Å². The number of rotatable bonds is 3. The second-order valence-electron chi connectivity index (χ2n) is 7.12. The van der Waals surface area contributed by atoms with Crippen LogP contribution in [0.3, 0.4) is 0 Å². The van der Waals surface area contributed by atoms with E-state index in [2.05, 4.69) is 4.98 Å². The summed E-state index contributed by atoms with van der Waals surface area (Å²) in [7, 11) is 4.33. The number of nitrogens with zero attached hydrogens (tertiary/aromatic N) is 2. The highest BCUT2D eigenvalue weighted by atomic mass is 32.1. The minimum atomic E-state index is -0.645. The number of aryl methyl sites for hydroxylation is 3. The smallest absolute Gasteiger partial charge is 0.340 e. The van der Waals surface area contributed by atoms with Gasteiger partial charge in [-0.25, -0.2) is 9.59 Å². The molecule has 0 radical (unpaired) electrons. The summed E-state index contributed by atoms with van der Waals surface area (Å²) in [5, 5.41) is 0.922. The van der Waals surface area contributed by atoms with Gasteiger partial charge < -0.3 is 14.0 Å². The summed E-state index contributed by atoms with van der Waals surface area (Å²) in [6, 6.07) is 9.18. The van der Waals surface area contributed by atoms with Gasteiger partial charge in [0.05, 0.1) is 52.6 Å². The Bertz CT molecular complexity index is 1410. The van der Waals surface area contributed by atoms with Gasteiger partial charge in [0.15, 0.2) is 5.43 Å². The number of hydrogen-bond donors (Lipinski definition) is 0. The highest BCUT2D eigenvalue weighted by molar-refractivity contribution is 7.25. The molecule has 4 aromatic rings. The van der Waals surface area contributed by atoms with Gasteiger partial charge in [-0.05, 0) is 19.9 Å². The standard InChI is InChI=1S/C23H20N2O5S/c1-11-17(22(27)29-4)19(18(12(2)24-11)23(28)30-5)14-10-15(26)21-20(25(14)3)13-8-6-7-9-16(13)31-21/h6-10H,1-5H3. The van der Waals surface area contributed by atoms with Crippen LogP contribution in [0.2, 0.25) is 0 Å². The number of carbonyl (C=O) groups excluding carboxylic acids is 2. The summed E-state index contributed by atoms with van der Waals surface area (Å²) in [4.78, 5) is 42.9. The number of aromatic nitrogens is 2. The molecular weight excluding hydrogens is 416 g/mol. The summed E-state index contributed by atoms with van der Waals surface area (Å²) in [5.74, 6) is -1.29. The molecule has 0 spiro atoms. The highest BCUT2D eigenvalue weighted by Gasteiger charge is 2.29. The Hall–Kier alpha value is -3.52. The number of esters is 2. The van der Waals surface area contributed by atoms with Crippen LogP contribution in [-0.2, 0) is 16.5 Å². The number of benzene rings is 1. The van der Waals surface area contributed by atoms with E-state index in [0.29, 0.717) is 21.8 Å². The van der Waals surface area contributed by atoms with Gasteiger partial charge in [0.1, 0.15) is 0 Å². The van der Waals surface area contributed by atoms with Crippen LogP contribution in [0, 0.1) is 13.8 Å². The summed E-state index contributed by atoms with van der Waals surface area (Å²) in [5.41, 5.74) is 2.29. The Morgan fingerprint density at radius 1 is 1.00 bits per heavy atom. The van der Waals surface area contributed by atoms with E-state index in [1.54, 1.807) is 13.8 Å². The average Bonchev–Trinajstić information content (AvgIpc) is 3.15. The highest BCUT2D eigenvalue weighted by Crippen LogP contribution is 2.37. The van der Waals surface area contributed by atoms with Crippen LogP contribution in [0.1, 0.15) is 32.1 Å². The van der Waals surface area contributed by atoms with Crippen molar-refractivity contribution in [3.05, 3.63) is 63.1 Å². The quantitative estimate of drug-likeness (QED) is 0.451. The van der Waals surface area contributed by atoms with Gasteiger partial charge >= 0.3 is 11.9 Å². The molecule has 0 N–H and O–H groups in total. The molecule has 0 aliphatic carbocycles. The number of pyridine rings is 2. The van der Waals surface area contributed by atoms with Crippen molar-refractivity contribution in [3.63, 3.8) is 0 Å². The SMILES string of the molecule is COC(=O)c1c(C)nc(C)c(C(=O)OC)c1-c1cc(=O)c2sc3ccccc3c2n1C. The monoisotopic (exact) mass is 436 g/mol. The van der Waals surface area contributed by atoms with Crippen molar-refractivity contribution < 1.29 is 19.1 Å². The number of methoxy groups -OCH3 is 2. The van der Waals surface area contributed by atoms with Crippen LogP contribution < -0.4 is 5.43 Å². The van der Waals surface area contributed by atoms with Gasteiger partial charge in [-0.15, -0.1) is 11.3 Å². The van der Waals surface area contributed by atoms with Gasteiger partial charge in [0.2, 0.25) is 0 Å². The molecule has 4 rings (SSSR count). The number of thiophene rings is 1. The van der Waals surface area contributed by atoms with E-state index >= 15 is 0 Å². The fraction of sp³-hybridized carbons (Fsp3) is 0.217. The lowest BCUT2D eigenvalue weighted by Crippen LogP contribution is -2.18. The number of hydrogen-bond acceptors (Lipinski definition) is 7. The van der Waals surface area contributed by atoms with E-state index in [0.717, 1.165) is 15.6 Å². The second-order valence-corrected chi connectivity index (χ2v) is 8.17. The molecule has 3 heterocycles. The maximum Gasteiger partial charge on any atom is 0.340 e. The van der Waals surface area contributed by atoms with E-state index < -0.39 is 11.9 Å². The minimum absolute atomic E-state index is 0.127. The molecule has 0 saturated heterocycles. The van der Waals surface area contributed by atoms with E-state index in [4.69, 9.17) is 9.47 Å². The molecule has 0 unspecified atom stereocenters. The van der Waals surface area contributed by atoms with Crippen molar-refractivity contribution in [2.45, 2.75) is 13.8 Å². The molecule has 0 aliphatic heterocycles. The third-order valence-corrected chi connectivity index (χ3v) is 6.53. The van der Waals surface area contributed by atoms with Gasteiger partial charge in [0, 0.05) is 28.8 Å². The minimum Gasteiger partial charge on any atom is -0.465 e. The number of fused-ring (bicyclic) bond motifs is 3. The molecule has 0 bridgehead atoms. The molecule has 7 nitrogen and oxygen atoms in total. The molecule has 0 aliphatic rings. The summed E-state index contributed by atoms with van der Waals surface area (Å²) >= 11 is 1.41. The van der Waals surface area contributed by atoms with Crippen LogP contribution in [-0.4, -0.2) is 35.7 Å². The Kier molecular flexibility index (Phi) is 5.10. The van der Waals surface area contributed by atoms with Crippen molar-refractivity contribution in [3.8, 4) is 11.3 Å². The van der Waals surface area contributed by atoms with Crippen LogP contribution >= 0.6 is 11.3 Å². The lowest BCUT2D eigenvalue weighted by atomic mass is 9.94. The summed E-state index contributed by atoms with van der Waals surface area (Å²) in [6.07, 6.45) is 0. The molecular formula is C23H20N2O5S. The Labute approximate surface area is 181 Å². The van der Waals surface area contributed by atoms with Crippen molar-refractivity contribution in [2.24, 2.45) is 7.05 Å². The first-order chi connectivity index (χ1) is 14.8. The van der Waals surface area contributed by atoms with Crippen molar-refractivity contribution in [2.75, 3.05) is 14.2 Å². The maximum absolute atomic E-state index is 13.1. The largest absolute Gasteiger partial charge is 0.465 e. The number of ether oxygens (including phenoxy) is 2. The topological polar surface area (TPSA) is 87.5 Å². The zero-order valence-corrected chi connectivity index (χ0v) is 18.5. The lowest BCUT2D eigenvalue weighted by molar-refractivity contribution is 0.0599. The first-order valence-electron chi connectivity index (χ1n) is 9.49. The normalized spacial score (nSPS) is 11.1. The third kappa shape index (κ3) is 3.11. The van der Waals surface area contributed by atoms with Gasteiger partial charge in [0.25, 0.3) is 0 Å². The van der Waals surface area contributed by atoms with Gasteiger partial charge in [-0.2, -0.15) is 0 Å². The van der Waals surface area contributed by atoms with Gasteiger partial charge in [-0.1, -0.05) is 18.2 Å². The molecule has 0 amide bonds. The molecule has 1 aromatic carbocycles. The second kappa shape index (κ2) is 7.63. The first kappa shape index (κ1) is 20.7. The molecule has 3 aromatic heterocycles. The molecule has 158 valence electrons. The maximum atomic E-state index is 13.1.